The van der Waals surface area contributed by atoms with Crippen molar-refractivity contribution in [1.82, 2.24) is 4.57 Å². The molecule has 2 saturated carbocycles. The van der Waals surface area contributed by atoms with Crippen molar-refractivity contribution >= 4 is 8.24 Å². The summed E-state index contributed by atoms with van der Waals surface area (Å²) < 4.78 is 3.06. The fraction of sp³-hybridized carbons (Fsp3) is 0.889. The minimum atomic E-state index is -1.22. The lowest BCUT2D eigenvalue weighted by Crippen LogP contribution is -2.52. The van der Waals surface area contributed by atoms with Crippen LogP contribution in [0.3, 0.4) is 0 Å². The van der Waals surface area contributed by atoms with Crippen molar-refractivity contribution in [3.05, 3.63) is 11.3 Å². The van der Waals surface area contributed by atoms with E-state index in [2.05, 4.69) is 24.2 Å². The molecule has 4 unspecified atom stereocenters. The molecule has 3 aliphatic carbocycles. The Morgan fingerprint density at radius 1 is 0.850 bits per heavy atom. The molecule has 2 heteroatoms. The Labute approximate surface area is 125 Å². The van der Waals surface area contributed by atoms with Gasteiger partial charge in [-0.25, -0.2) is 0 Å². The van der Waals surface area contributed by atoms with Crippen LogP contribution in [-0.2, 0) is 0 Å². The maximum atomic E-state index is 3.06. The van der Waals surface area contributed by atoms with Crippen molar-refractivity contribution in [3.63, 3.8) is 0 Å². The van der Waals surface area contributed by atoms with E-state index in [1.165, 1.54) is 57.8 Å². The topological polar surface area (TPSA) is 3.24 Å². The van der Waals surface area contributed by atoms with Crippen molar-refractivity contribution in [2.45, 2.75) is 83.5 Å². The average molecular weight is 290 g/mol. The molecule has 0 aromatic rings. The first-order valence-electron chi connectivity index (χ1n) is 9.09. The third-order valence-corrected chi connectivity index (χ3v) is 8.58. The summed E-state index contributed by atoms with van der Waals surface area (Å²) in [5.41, 5.74) is 3.89. The van der Waals surface area contributed by atoms with Crippen LogP contribution in [-0.4, -0.2) is 18.8 Å². The van der Waals surface area contributed by atoms with Gasteiger partial charge in [-0.1, -0.05) is 45.3 Å². The Kier molecular flexibility index (Phi) is 3.10. The number of nitrogens with zero attached hydrogens (tertiary/aromatic N) is 1. The monoisotopic (exact) mass is 289 g/mol. The predicted molar refractivity (Wildman–Crippen MR) is 88.0 cm³/mol. The number of hydrogen-bond donors (Lipinski definition) is 0. The SMILES string of the molecule is C[Si](C)(C)N1C2=C(CC3CCCCC23)C2CCCCC21. The molecular weight excluding hydrogens is 258 g/mol. The van der Waals surface area contributed by atoms with E-state index in [9.17, 15) is 0 Å². The van der Waals surface area contributed by atoms with Crippen LogP contribution in [0.4, 0.5) is 0 Å². The second-order valence-electron chi connectivity index (χ2n) is 8.76. The Morgan fingerprint density at radius 3 is 2.25 bits per heavy atom. The molecule has 4 atom stereocenters. The first-order valence-corrected chi connectivity index (χ1v) is 12.5. The molecule has 112 valence electrons. The average Bonchev–Trinajstić information content (AvgIpc) is 2.92. The van der Waals surface area contributed by atoms with E-state index in [0.29, 0.717) is 0 Å². The zero-order chi connectivity index (χ0) is 13.9. The van der Waals surface area contributed by atoms with E-state index >= 15 is 0 Å². The molecule has 0 N–H and O–H groups in total. The highest BCUT2D eigenvalue weighted by atomic mass is 28.3. The summed E-state index contributed by atoms with van der Waals surface area (Å²) in [5.74, 6) is 2.97. The van der Waals surface area contributed by atoms with Crippen LogP contribution in [0.25, 0.3) is 0 Å². The quantitative estimate of drug-likeness (QED) is 0.603. The lowest BCUT2D eigenvalue weighted by Gasteiger charge is -2.46. The highest BCUT2D eigenvalue weighted by Gasteiger charge is 2.52. The summed E-state index contributed by atoms with van der Waals surface area (Å²) in [5, 5.41) is 0. The first-order chi connectivity index (χ1) is 9.57. The van der Waals surface area contributed by atoms with Gasteiger partial charge in [0.1, 0.15) is 8.24 Å². The van der Waals surface area contributed by atoms with Crippen LogP contribution in [0.15, 0.2) is 11.3 Å². The highest BCUT2D eigenvalue weighted by molar-refractivity contribution is 6.73. The zero-order valence-corrected chi connectivity index (χ0v) is 14.6. The summed E-state index contributed by atoms with van der Waals surface area (Å²) in [6.45, 7) is 7.76. The van der Waals surface area contributed by atoms with E-state index in [1.54, 1.807) is 0 Å². The van der Waals surface area contributed by atoms with Crippen molar-refractivity contribution in [2.24, 2.45) is 17.8 Å². The van der Waals surface area contributed by atoms with Gasteiger partial charge in [0.15, 0.2) is 0 Å². The molecule has 0 bridgehead atoms. The molecule has 0 spiro atoms. The molecule has 1 nitrogen and oxygen atoms in total. The van der Waals surface area contributed by atoms with Gasteiger partial charge in [0.2, 0.25) is 0 Å². The first kappa shape index (κ1) is 13.4. The summed E-state index contributed by atoms with van der Waals surface area (Å²) in [4.78, 5) is 0. The normalized spacial score (nSPS) is 40.6. The molecule has 1 aliphatic heterocycles. The molecule has 0 radical (unpaired) electrons. The van der Waals surface area contributed by atoms with Crippen LogP contribution in [0, 0.1) is 17.8 Å². The fourth-order valence-electron chi connectivity index (χ4n) is 5.98. The third-order valence-electron chi connectivity index (χ3n) is 6.56. The van der Waals surface area contributed by atoms with Gasteiger partial charge in [-0.3, -0.25) is 0 Å². The second kappa shape index (κ2) is 4.63. The number of fused-ring (bicyclic) bond motifs is 4. The third kappa shape index (κ3) is 1.86. The maximum Gasteiger partial charge on any atom is 0.147 e. The smallest absolute Gasteiger partial charge is 0.147 e. The van der Waals surface area contributed by atoms with Gasteiger partial charge < -0.3 is 4.57 Å². The Balaban J connectivity index is 1.73. The molecule has 20 heavy (non-hydrogen) atoms. The Morgan fingerprint density at radius 2 is 1.50 bits per heavy atom. The van der Waals surface area contributed by atoms with Crippen LogP contribution in [0.5, 0.6) is 0 Å². The highest BCUT2D eigenvalue weighted by Crippen LogP contribution is 2.57. The molecule has 1 heterocycles. The van der Waals surface area contributed by atoms with E-state index in [1.807, 2.05) is 11.3 Å². The van der Waals surface area contributed by atoms with Gasteiger partial charge in [-0.2, -0.15) is 0 Å². The Bertz CT molecular complexity index is 431. The minimum Gasteiger partial charge on any atom is -0.398 e. The maximum absolute atomic E-state index is 3.06. The summed E-state index contributed by atoms with van der Waals surface area (Å²) in [6, 6.07) is 0.920. The Hall–Kier alpha value is -0.243. The summed E-state index contributed by atoms with van der Waals surface area (Å²) in [6.07, 6.45) is 13.5. The van der Waals surface area contributed by atoms with Crippen LogP contribution >= 0.6 is 0 Å². The standard InChI is InChI=1S/C18H31NSi/c1-20(2,3)19-17-11-7-6-10-15(17)16-12-13-8-4-5-9-14(13)18(16)19/h13-15,17H,4-12H2,1-3H3. The molecule has 0 aromatic carbocycles. The van der Waals surface area contributed by atoms with Gasteiger partial charge in [0, 0.05) is 23.6 Å². The van der Waals surface area contributed by atoms with Crippen molar-refractivity contribution < 1.29 is 0 Å². The number of hydrogen-bond acceptors (Lipinski definition) is 1. The van der Waals surface area contributed by atoms with E-state index in [-0.39, 0.29) is 0 Å². The van der Waals surface area contributed by atoms with Gasteiger partial charge in [-0.15, -0.1) is 0 Å². The predicted octanol–water partition coefficient (Wildman–Crippen LogP) is 5.16. The molecule has 0 aromatic heterocycles. The molecule has 4 rings (SSSR count). The van der Waals surface area contributed by atoms with Crippen molar-refractivity contribution in [2.75, 3.05) is 0 Å². The summed E-state index contributed by atoms with van der Waals surface area (Å²) in [7, 11) is -1.22. The van der Waals surface area contributed by atoms with E-state index in [4.69, 9.17) is 0 Å². The van der Waals surface area contributed by atoms with Crippen LogP contribution in [0.1, 0.15) is 57.8 Å². The minimum absolute atomic E-state index is 0.920. The van der Waals surface area contributed by atoms with Crippen molar-refractivity contribution in [3.8, 4) is 0 Å². The van der Waals surface area contributed by atoms with Crippen molar-refractivity contribution in [1.29, 1.82) is 0 Å². The van der Waals surface area contributed by atoms with Gasteiger partial charge in [-0.05, 0) is 43.6 Å². The van der Waals surface area contributed by atoms with E-state index < -0.39 is 8.24 Å². The van der Waals surface area contributed by atoms with Crippen LogP contribution < -0.4 is 0 Å². The number of allylic oxidation sites excluding steroid dienone is 1. The lowest BCUT2D eigenvalue weighted by atomic mass is 9.77. The summed E-state index contributed by atoms with van der Waals surface area (Å²) >= 11 is 0. The molecule has 0 saturated heterocycles. The van der Waals surface area contributed by atoms with Gasteiger partial charge >= 0.3 is 0 Å². The zero-order valence-electron chi connectivity index (χ0n) is 13.6. The number of rotatable bonds is 1. The second-order valence-corrected chi connectivity index (χ2v) is 13.6. The van der Waals surface area contributed by atoms with E-state index in [0.717, 1.165) is 23.8 Å². The van der Waals surface area contributed by atoms with Gasteiger partial charge in [0.25, 0.3) is 0 Å². The van der Waals surface area contributed by atoms with Crippen LogP contribution in [0.2, 0.25) is 19.6 Å². The van der Waals surface area contributed by atoms with Gasteiger partial charge in [0.05, 0.1) is 0 Å². The fourth-order valence-corrected chi connectivity index (χ4v) is 8.31. The molecule has 4 aliphatic rings. The molecule has 2 fully saturated rings. The largest absolute Gasteiger partial charge is 0.398 e. The lowest BCUT2D eigenvalue weighted by molar-refractivity contribution is 0.197. The molecular formula is C18H31NSi. The molecule has 0 amide bonds.